The Morgan fingerprint density at radius 3 is 2.63 bits per heavy atom. The highest BCUT2D eigenvalue weighted by atomic mass is 16.4. The van der Waals surface area contributed by atoms with Crippen LogP contribution in [0, 0.1) is 5.92 Å². The molecule has 2 heterocycles. The van der Waals surface area contributed by atoms with Gasteiger partial charge in [-0.1, -0.05) is 6.07 Å². The van der Waals surface area contributed by atoms with Crippen LogP contribution in [-0.2, 0) is 4.79 Å². The third kappa shape index (κ3) is 3.01. The number of hydrogen-bond donors (Lipinski definition) is 2. The molecule has 0 radical (unpaired) electrons. The van der Waals surface area contributed by atoms with Gasteiger partial charge in [0, 0.05) is 26.1 Å². The molecule has 0 atom stereocenters. The first-order valence-electron chi connectivity index (χ1n) is 6.28. The van der Waals surface area contributed by atoms with Crippen LogP contribution in [0.4, 0.5) is 5.82 Å². The van der Waals surface area contributed by atoms with Crippen LogP contribution in [0.25, 0.3) is 0 Å². The zero-order valence-electron chi connectivity index (χ0n) is 10.8. The van der Waals surface area contributed by atoms with Crippen molar-refractivity contribution in [3.05, 3.63) is 23.9 Å². The summed E-state index contributed by atoms with van der Waals surface area (Å²) in [6.07, 6.45) is 1.53. The molecule has 2 rings (SSSR count). The quantitative estimate of drug-likeness (QED) is 0.840. The fourth-order valence-electron chi connectivity index (χ4n) is 2.29. The Morgan fingerprint density at radius 2 is 2.05 bits per heavy atom. The number of nitrogens with zero attached hydrogens (tertiary/aromatic N) is 2. The normalized spacial score (nSPS) is 16.2. The number of aromatic nitrogens is 1. The number of nitrogens with one attached hydrogen (secondary N) is 1. The van der Waals surface area contributed by atoms with Crippen molar-refractivity contribution in [2.75, 3.05) is 25.0 Å². The summed E-state index contributed by atoms with van der Waals surface area (Å²) in [5.74, 6) is -0.242. The molecule has 0 aromatic carbocycles. The molecule has 2 N–H and O–H groups in total. The predicted octanol–water partition coefficient (Wildman–Crippen LogP) is 0.742. The van der Waals surface area contributed by atoms with Crippen molar-refractivity contribution in [1.82, 2.24) is 10.3 Å². The Balaban J connectivity index is 2.03. The van der Waals surface area contributed by atoms with E-state index in [9.17, 15) is 9.59 Å². The van der Waals surface area contributed by atoms with Crippen LogP contribution < -0.4 is 10.2 Å². The second kappa shape index (κ2) is 5.69. The van der Waals surface area contributed by atoms with Gasteiger partial charge < -0.3 is 15.3 Å². The second-order valence-corrected chi connectivity index (χ2v) is 4.56. The number of carboxylic acid groups (broad SMARTS) is 1. The first-order chi connectivity index (χ1) is 9.11. The van der Waals surface area contributed by atoms with E-state index in [1.54, 1.807) is 19.2 Å². The number of amides is 1. The van der Waals surface area contributed by atoms with Crippen molar-refractivity contribution in [2.24, 2.45) is 5.92 Å². The number of piperidine rings is 1. The first-order valence-corrected chi connectivity index (χ1v) is 6.28. The van der Waals surface area contributed by atoms with E-state index in [1.807, 2.05) is 4.90 Å². The molecule has 6 heteroatoms. The molecule has 0 spiro atoms. The van der Waals surface area contributed by atoms with Crippen LogP contribution in [0.5, 0.6) is 0 Å². The summed E-state index contributed by atoms with van der Waals surface area (Å²) in [6.45, 7) is 1.43. The summed E-state index contributed by atoms with van der Waals surface area (Å²) in [7, 11) is 1.65. The number of anilines is 1. The number of carbonyl (C=O) groups is 2. The molecule has 0 unspecified atom stereocenters. The van der Waals surface area contributed by atoms with Gasteiger partial charge in [-0.2, -0.15) is 0 Å². The van der Waals surface area contributed by atoms with Gasteiger partial charge in [0.1, 0.15) is 5.82 Å². The fraction of sp³-hybridized carbons (Fsp3) is 0.462. The Labute approximate surface area is 111 Å². The van der Waals surface area contributed by atoms with Crippen LogP contribution in [0.15, 0.2) is 18.2 Å². The highest BCUT2D eigenvalue weighted by molar-refractivity contribution is 5.85. The number of pyridine rings is 1. The average molecular weight is 263 g/mol. The molecule has 0 aliphatic carbocycles. The van der Waals surface area contributed by atoms with Gasteiger partial charge in [0.2, 0.25) is 5.91 Å². The number of carbonyl (C=O) groups excluding carboxylic acids is 1. The van der Waals surface area contributed by atoms with Gasteiger partial charge in [-0.25, -0.2) is 9.78 Å². The van der Waals surface area contributed by atoms with Crippen molar-refractivity contribution in [1.29, 1.82) is 0 Å². The van der Waals surface area contributed by atoms with Crippen molar-refractivity contribution in [3.8, 4) is 0 Å². The predicted molar refractivity (Wildman–Crippen MR) is 70.2 cm³/mol. The lowest BCUT2D eigenvalue weighted by atomic mass is 9.96. The number of carboxylic acids is 1. The number of rotatable bonds is 3. The van der Waals surface area contributed by atoms with Crippen LogP contribution in [0.2, 0.25) is 0 Å². The molecule has 0 saturated carbocycles. The zero-order chi connectivity index (χ0) is 13.8. The topological polar surface area (TPSA) is 82.5 Å². The standard InChI is InChI=1S/C13H17N3O3/c1-14-12(17)9-5-7-16(8-6-9)11-4-2-3-10(15-11)13(18)19/h2-4,9H,5-8H2,1H3,(H,14,17)(H,18,19). The van der Waals surface area contributed by atoms with Gasteiger partial charge in [-0.3, -0.25) is 4.79 Å². The third-order valence-corrected chi connectivity index (χ3v) is 3.39. The maximum Gasteiger partial charge on any atom is 0.354 e. The van der Waals surface area contributed by atoms with Crippen molar-refractivity contribution in [2.45, 2.75) is 12.8 Å². The minimum Gasteiger partial charge on any atom is -0.477 e. The van der Waals surface area contributed by atoms with Gasteiger partial charge in [-0.05, 0) is 25.0 Å². The number of aromatic carboxylic acids is 1. The van der Waals surface area contributed by atoms with E-state index in [-0.39, 0.29) is 17.5 Å². The SMILES string of the molecule is CNC(=O)C1CCN(c2cccc(C(=O)O)n2)CC1. The highest BCUT2D eigenvalue weighted by Crippen LogP contribution is 2.22. The molecule has 0 bridgehead atoms. The van der Waals surface area contributed by atoms with Crippen molar-refractivity contribution in [3.63, 3.8) is 0 Å². The fourth-order valence-corrected chi connectivity index (χ4v) is 2.29. The molecule has 1 amide bonds. The van der Waals surface area contributed by atoms with Crippen molar-refractivity contribution >= 4 is 17.7 Å². The Hall–Kier alpha value is -2.11. The largest absolute Gasteiger partial charge is 0.477 e. The molecule has 1 aromatic rings. The molecule has 6 nitrogen and oxygen atoms in total. The van der Waals surface area contributed by atoms with Gasteiger partial charge in [0.15, 0.2) is 5.69 Å². The van der Waals surface area contributed by atoms with E-state index in [4.69, 9.17) is 5.11 Å². The molecule has 102 valence electrons. The highest BCUT2D eigenvalue weighted by Gasteiger charge is 2.25. The summed E-state index contributed by atoms with van der Waals surface area (Å²) >= 11 is 0. The zero-order valence-corrected chi connectivity index (χ0v) is 10.8. The molecular formula is C13H17N3O3. The van der Waals surface area contributed by atoms with Gasteiger partial charge in [0.25, 0.3) is 0 Å². The molecular weight excluding hydrogens is 246 g/mol. The minimum atomic E-state index is -1.03. The van der Waals surface area contributed by atoms with E-state index in [1.165, 1.54) is 6.07 Å². The lowest BCUT2D eigenvalue weighted by Gasteiger charge is -2.32. The second-order valence-electron chi connectivity index (χ2n) is 4.56. The Bertz CT molecular complexity index is 482. The molecule has 1 aromatic heterocycles. The molecule has 19 heavy (non-hydrogen) atoms. The lowest BCUT2D eigenvalue weighted by molar-refractivity contribution is -0.125. The summed E-state index contributed by atoms with van der Waals surface area (Å²) in [5.41, 5.74) is 0.0472. The molecule has 1 fully saturated rings. The van der Waals surface area contributed by atoms with E-state index in [0.717, 1.165) is 12.8 Å². The van der Waals surface area contributed by atoms with E-state index >= 15 is 0 Å². The molecule has 1 saturated heterocycles. The average Bonchev–Trinajstić information content (AvgIpc) is 2.46. The van der Waals surface area contributed by atoms with Crippen LogP contribution in [0.1, 0.15) is 23.3 Å². The van der Waals surface area contributed by atoms with E-state index < -0.39 is 5.97 Å². The van der Waals surface area contributed by atoms with Crippen LogP contribution in [0.3, 0.4) is 0 Å². The summed E-state index contributed by atoms with van der Waals surface area (Å²) in [6, 6.07) is 4.96. The summed E-state index contributed by atoms with van der Waals surface area (Å²) in [5, 5.41) is 11.6. The molecule has 1 aliphatic rings. The maximum absolute atomic E-state index is 11.5. The van der Waals surface area contributed by atoms with Crippen LogP contribution >= 0.6 is 0 Å². The Morgan fingerprint density at radius 1 is 1.37 bits per heavy atom. The summed E-state index contributed by atoms with van der Waals surface area (Å²) in [4.78, 5) is 28.5. The van der Waals surface area contributed by atoms with Gasteiger partial charge in [-0.15, -0.1) is 0 Å². The van der Waals surface area contributed by atoms with Gasteiger partial charge >= 0.3 is 5.97 Å². The first kappa shape index (κ1) is 13.3. The van der Waals surface area contributed by atoms with E-state index in [0.29, 0.717) is 18.9 Å². The third-order valence-electron chi connectivity index (χ3n) is 3.39. The summed E-state index contributed by atoms with van der Waals surface area (Å²) < 4.78 is 0. The lowest BCUT2D eigenvalue weighted by Crippen LogP contribution is -2.40. The van der Waals surface area contributed by atoms with Crippen LogP contribution in [-0.4, -0.2) is 42.1 Å². The van der Waals surface area contributed by atoms with E-state index in [2.05, 4.69) is 10.3 Å². The monoisotopic (exact) mass is 263 g/mol. The number of hydrogen-bond acceptors (Lipinski definition) is 4. The Kier molecular flexibility index (Phi) is 3.99. The minimum absolute atomic E-state index is 0.0453. The maximum atomic E-state index is 11.5. The molecule has 1 aliphatic heterocycles. The van der Waals surface area contributed by atoms with Gasteiger partial charge in [0.05, 0.1) is 0 Å². The van der Waals surface area contributed by atoms with Crippen molar-refractivity contribution < 1.29 is 14.7 Å². The smallest absolute Gasteiger partial charge is 0.354 e.